The summed E-state index contributed by atoms with van der Waals surface area (Å²) in [6.07, 6.45) is 0. The Morgan fingerprint density at radius 2 is 1.58 bits per heavy atom. The van der Waals surface area contributed by atoms with Gasteiger partial charge in [-0.3, -0.25) is 4.18 Å². The van der Waals surface area contributed by atoms with E-state index in [4.69, 9.17) is 0 Å². The Morgan fingerprint density at radius 3 is 1.89 bits per heavy atom. The summed E-state index contributed by atoms with van der Waals surface area (Å²) < 4.78 is 29.4. The van der Waals surface area contributed by atoms with Gasteiger partial charge in [-0.15, -0.1) is 5.54 Å². The van der Waals surface area contributed by atoms with Crippen molar-refractivity contribution in [3.8, 4) is 11.5 Å². The van der Waals surface area contributed by atoms with E-state index < -0.39 is 24.4 Å². The molecular weight excluding hydrogens is 278 g/mol. The second-order valence-corrected chi connectivity index (χ2v) is 13.0. The Kier molecular flexibility index (Phi) is 5.24. The maximum absolute atomic E-state index is 11.2. The summed E-state index contributed by atoms with van der Waals surface area (Å²) in [6, 6.07) is -0.395. The Morgan fingerprint density at radius 1 is 1.11 bits per heavy atom. The van der Waals surface area contributed by atoms with Crippen LogP contribution in [0.15, 0.2) is 0 Å². The van der Waals surface area contributed by atoms with E-state index in [2.05, 4.69) is 61.9 Å². The smallest absolute Gasteiger partial charge is 0.255 e. The van der Waals surface area contributed by atoms with Gasteiger partial charge >= 0.3 is 10.3 Å². The number of hydrogen-bond acceptors (Lipinski definition) is 3. The van der Waals surface area contributed by atoms with Crippen molar-refractivity contribution < 1.29 is 12.6 Å². The zero-order valence-electron chi connectivity index (χ0n) is 12.6. The van der Waals surface area contributed by atoms with E-state index in [-0.39, 0.29) is 6.61 Å². The topological polar surface area (TPSA) is 55.4 Å². The number of hydrogen-bond donors (Lipinski definition) is 1. The molecule has 0 aromatic heterocycles. The van der Waals surface area contributed by atoms with Gasteiger partial charge in [-0.05, 0) is 16.6 Å². The average molecular weight is 304 g/mol. The predicted octanol–water partition coefficient (Wildman–Crippen LogP) is 2.44. The highest BCUT2D eigenvalue weighted by atomic mass is 32.2. The molecule has 0 aromatic carbocycles. The van der Waals surface area contributed by atoms with Crippen molar-refractivity contribution in [1.29, 1.82) is 0 Å². The van der Waals surface area contributed by atoms with Crippen LogP contribution >= 0.6 is 0 Å². The minimum absolute atomic E-state index is 0.119. The van der Waals surface area contributed by atoms with Crippen molar-refractivity contribution >= 4 is 18.4 Å². The molecule has 0 radical (unpaired) electrons. The molecule has 0 spiro atoms. The fraction of sp³-hybridized carbons (Fsp3) is 0.846. The molecule has 110 valence electrons. The van der Waals surface area contributed by atoms with Crippen LogP contribution in [0.25, 0.3) is 0 Å². The molecule has 1 N–H and O–H groups in total. The van der Waals surface area contributed by atoms with E-state index in [0.717, 1.165) is 0 Å². The van der Waals surface area contributed by atoms with E-state index in [9.17, 15) is 8.42 Å². The van der Waals surface area contributed by atoms with Crippen molar-refractivity contribution in [2.24, 2.45) is 0 Å². The van der Waals surface area contributed by atoms with Crippen LogP contribution in [0.5, 0.6) is 0 Å². The molecule has 19 heavy (non-hydrogen) atoms. The summed E-state index contributed by atoms with van der Waals surface area (Å²) in [6.45, 7) is 13.5. The molecule has 4 nitrogen and oxygen atoms in total. The van der Waals surface area contributed by atoms with Gasteiger partial charge in [0.15, 0.2) is 0 Å². The minimum atomic E-state index is -3.56. The Labute approximate surface area is 118 Å². The zero-order chi connectivity index (χ0) is 14.8. The number of rotatable bonds is 3. The maximum Gasteiger partial charge on any atom is 0.337 e. The van der Waals surface area contributed by atoms with Crippen LogP contribution in [0.3, 0.4) is 0 Å². The third kappa shape index (κ3) is 3.60. The molecule has 1 rings (SSSR count). The van der Waals surface area contributed by atoms with E-state index in [0.29, 0.717) is 16.6 Å². The highest BCUT2D eigenvalue weighted by Crippen LogP contribution is 2.40. The van der Waals surface area contributed by atoms with E-state index in [1.54, 1.807) is 0 Å². The molecule has 1 fully saturated rings. The third-order valence-electron chi connectivity index (χ3n) is 4.01. The molecule has 1 aliphatic rings. The van der Waals surface area contributed by atoms with Crippen LogP contribution in [0.4, 0.5) is 0 Å². The molecule has 0 aliphatic carbocycles. The first-order valence-corrected chi connectivity index (χ1v) is 10.4. The van der Waals surface area contributed by atoms with Crippen molar-refractivity contribution in [3.63, 3.8) is 0 Å². The van der Waals surface area contributed by atoms with E-state index >= 15 is 0 Å². The monoisotopic (exact) mass is 303 g/mol. The lowest BCUT2D eigenvalue weighted by Gasteiger charge is -2.38. The highest BCUT2D eigenvalue weighted by molar-refractivity contribution is 7.85. The van der Waals surface area contributed by atoms with Gasteiger partial charge in [-0.1, -0.05) is 47.5 Å². The molecule has 6 heteroatoms. The molecule has 1 heterocycles. The minimum Gasteiger partial charge on any atom is -0.255 e. The first kappa shape index (κ1) is 16.7. The number of nitrogens with one attached hydrogen (secondary N) is 1. The quantitative estimate of drug-likeness (QED) is 0.643. The molecule has 1 aliphatic heterocycles. The molecule has 0 unspecified atom stereocenters. The molecule has 0 aromatic rings. The Balaban J connectivity index is 3.04. The van der Waals surface area contributed by atoms with Gasteiger partial charge in [0.05, 0.1) is 6.61 Å². The first-order valence-electron chi connectivity index (χ1n) is 6.81. The predicted molar refractivity (Wildman–Crippen MR) is 80.6 cm³/mol. The fourth-order valence-electron chi connectivity index (χ4n) is 3.12. The van der Waals surface area contributed by atoms with Crippen molar-refractivity contribution in [2.75, 3.05) is 6.61 Å². The normalized spacial score (nSPS) is 22.9. The molecule has 0 saturated carbocycles. The van der Waals surface area contributed by atoms with Gasteiger partial charge in [0, 0.05) is 0 Å². The summed E-state index contributed by atoms with van der Waals surface area (Å²) in [5.74, 6) is 3.12. The van der Waals surface area contributed by atoms with Gasteiger partial charge in [0.2, 0.25) is 0 Å². The van der Waals surface area contributed by atoms with Gasteiger partial charge < -0.3 is 0 Å². The molecule has 1 saturated heterocycles. The lowest BCUT2D eigenvalue weighted by molar-refractivity contribution is 0.351. The van der Waals surface area contributed by atoms with Gasteiger partial charge in [0.25, 0.3) is 0 Å². The largest absolute Gasteiger partial charge is 0.337 e. The lowest BCUT2D eigenvalue weighted by atomic mass is 10.4. The molecule has 0 bridgehead atoms. The van der Waals surface area contributed by atoms with Gasteiger partial charge in [0.1, 0.15) is 14.1 Å². The van der Waals surface area contributed by atoms with Crippen molar-refractivity contribution in [3.05, 3.63) is 0 Å². The van der Waals surface area contributed by atoms with Crippen LogP contribution < -0.4 is 4.72 Å². The maximum atomic E-state index is 11.2. The van der Waals surface area contributed by atoms with Crippen molar-refractivity contribution in [2.45, 2.75) is 64.2 Å². The van der Waals surface area contributed by atoms with Crippen LogP contribution in [0.1, 0.15) is 41.5 Å². The van der Waals surface area contributed by atoms with E-state index in [1.807, 2.05) is 0 Å². The molecule has 1 atom stereocenters. The summed E-state index contributed by atoms with van der Waals surface area (Å²) in [7, 11) is -5.35. The lowest BCUT2D eigenvalue weighted by Crippen LogP contribution is -2.43. The summed E-state index contributed by atoms with van der Waals surface area (Å²) in [4.78, 5) is 0. The third-order valence-corrected chi connectivity index (χ3v) is 11.3. The summed E-state index contributed by atoms with van der Waals surface area (Å²) in [5, 5.41) is 0. The second kappa shape index (κ2) is 5.96. The summed E-state index contributed by atoms with van der Waals surface area (Å²) >= 11 is 0. The summed E-state index contributed by atoms with van der Waals surface area (Å²) in [5.41, 5.74) is 5.12. The van der Waals surface area contributed by atoms with Gasteiger partial charge in [-0.25, -0.2) is 0 Å². The second-order valence-electron chi connectivity index (χ2n) is 6.08. The van der Waals surface area contributed by atoms with Crippen LogP contribution in [-0.4, -0.2) is 29.1 Å². The fourth-order valence-corrected chi connectivity index (χ4v) is 9.27. The standard InChI is InChI=1S/C13H25NO3SSi/c1-10(2)19(11(3)4,12(5)6)8-7-13-9-17-18(15,16)14-13/h10-14H,9H2,1-6H3/t13-/m0/s1. The Bertz CT molecular complexity index is 452. The molecular formula is C13H25NO3SSi. The first-order chi connectivity index (χ1) is 8.62. The SMILES string of the molecule is CC(C)[Si](C#C[C@H]1COS(=O)(=O)N1)(C(C)C)C(C)C. The van der Waals surface area contributed by atoms with Crippen LogP contribution in [0, 0.1) is 11.5 Å². The average Bonchev–Trinajstić information content (AvgIpc) is 2.57. The van der Waals surface area contributed by atoms with Crippen LogP contribution in [0.2, 0.25) is 16.6 Å². The molecule has 0 amide bonds. The Hall–Kier alpha value is -0.353. The van der Waals surface area contributed by atoms with Crippen molar-refractivity contribution in [1.82, 2.24) is 4.72 Å². The highest BCUT2D eigenvalue weighted by Gasteiger charge is 2.42. The zero-order valence-corrected chi connectivity index (χ0v) is 14.5. The van der Waals surface area contributed by atoms with Crippen LogP contribution in [-0.2, 0) is 14.5 Å². The van der Waals surface area contributed by atoms with E-state index in [1.165, 1.54) is 0 Å². The van der Waals surface area contributed by atoms with Gasteiger partial charge in [-0.2, -0.15) is 13.1 Å².